The normalized spacial score (nSPS) is 14.9. The van der Waals surface area contributed by atoms with E-state index in [2.05, 4.69) is 83.7 Å². The first kappa shape index (κ1) is 22.0. The summed E-state index contributed by atoms with van der Waals surface area (Å²) in [6.45, 7) is 2.14. The van der Waals surface area contributed by atoms with Gasteiger partial charge in [0.1, 0.15) is 17.3 Å². The molecule has 36 heavy (non-hydrogen) atoms. The Kier molecular flexibility index (Phi) is 5.45. The molecule has 0 radical (unpaired) electrons. The number of H-pyrrole nitrogens is 1. The van der Waals surface area contributed by atoms with Crippen molar-refractivity contribution in [1.82, 2.24) is 4.98 Å². The zero-order valence-corrected chi connectivity index (χ0v) is 20.5. The first-order valence-electron chi connectivity index (χ1n) is 12.0. The summed E-state index contributed by atoms with van der Waals surface area (Å²) in [5.41, 5.74) is 7.77. The fraction of sp³-hybridized carbons (Fsp3) is 0.129. The van der Waals surface area contributed by atoms with Crippen molar-refractivity contribution in [1.29, 1.82) is 0 Å². The maximum Gasteiger partial charge on any atom is 0.141 e. The molecule has 0 saturated carbocycles. The molecule has 5 heteroatoms. The predicted molar refractivity (Wildman–Crippen MR) is 146 cm³/mol. The van der Waals surface area contributed by atoms with E-state index in [-0.39, 0.29) is 6.04 Å². The second kappa shape index (κ2) is 8.93. The van der Waals surface area contributed by atoms with Crippen LogP contribution in [0.2, 0.25) is 0 Å². The number of aryl methyl sites for hydroxylation is 1. The number of methoxy groups -OCH3 is 2. The van der Waals surface area contributed by atoms with E-state index in [1.54, 1.807) is 14.2 Å². The van der Waals surface area contributed by atoms with E-state index in [0.717, 1.165) is 45.4 Å². The number of aliphatic imine (C=N–C) groups is 1. The molecule has 2 heterocycles. The van der Waals surface area contributed by atoms with Gasteiger partial charge >= 0.3 is 0 Å². The Labute approximate surface area is 210 Å². The summed E-state index contributed by atoms with van der Waals surface area (Å²) in [5, 5.41) is 1.21. The number of anilines is 1. The van der Waals surface area contributed by atoms with Crippen LogP contribution in [0.1, 0.15) is 28.3 Å². The molecule has 1 N–H and O–H groups in total. The van der Waals surface area contributed by atoms with E-state index >= 15 is 0 Å². The number of nitrogens with one attached hydrogen (secondary N) is 1. The fourth-order valence-electron chi connectivity index (χ4n) is 5.07. The van der Waals surface area contributed by atoms with E-state index in [0.29, 0.717) is 0 Å². The second-order valence-electron chi connectivity index (χ2n) is 8.93. The summed E-state index contributed by atoms with van der Waals surface area (Å²) in [7, 11) is 3.37. The molecule has 0 bridgehead atoms. The monoisotopic (exact) mass is 473 g/mol. The minimum Gasteiger partial charge on any atom is -0.497 e. The van der Waals surface area contributed by atoms with Gasteiger partial charge in [-0.15, -0.1) is 0 Å². The molecule has 5 nitrogen and oxygen atoms in total. The van der Waals surface area contributed by atoms with Gasteiger partial charge in [0.25, 0.3) is 0 Å². The molecule has 6 rings (SSSR count). The topological polar surface area (TPSA) is 49.8 Å². The number of hydrogen-bond acceptors (Lipinski definition) is 4. The van der Waals surface area contributed by atoms with Crippen molar-refractivity contribution in [3.8, 4) is 11.5 Å². The van der Waals surface area contributed by atoms with Gasteiger partial charge in [-0.25, -0.2) is 4.99 Å². The van der Waals surface area contributed by atoms with Gasteiger partial charge in [0, 0.05) is 39.5 Å². The van der Waals surface area contributed by atoms with Gasteiger partial charge in [0.15, 0.2) is 0 Å². The van der Waals surface area contributed by atoms with E-state index in [1.807, 2.05) is 30.3 Å². The third kappa shape index (κ3) is 3.60. The Morgan fingerprint density at radius 1 is 0.750 bits per heavy atom. The summed E-state index contributed by atoms with van der Waals surface area (Å²) >= 11 is 0. The highest BCUT2D eigenvalue weighted by Gasteiger charge is 2.34. The number of amidine groups is 1. The Morgan fingerprint density at radius 2 is 1.44 bits per heavy atom. The molecule has 0 spiro atoms. The Bertz CT molecular complexity index is 1570. The van der Waals surface area contributed by atoms with Crippen molar-refractivity contribution in [3.05, 3.63) is 119 Å². The first-order valence-corrected chi connectivity index (χ1v) is 12.0. The van der Waals surface area contributed by atoms with Gasteiger partial charge in [-0.2, -0.15) is 0 Å². The molecule has 1 unspecified atom stereocenters. The highest BCUT2D eigenvalue weighted by atomic mass is 16.5. The molecule has 1 aromatic heterocycles. The lowest BCUT2D eigenvalue weighted by Gasteiger charge is -2.38. The lowest BCUT2D eigenvalue weighted by atomic mass is 9.91. The molecule has 5 aromatic rings. The van der Waals surface area contributed by atoms with Gasteiger partial charge < -0.3 is 19.4 Å². The number of para-hydroxylation sites is 2. The van der Waals surface area contributed by atoms with Crippen molar-refractivity contribution in [2.45, 2.75) is 13.0 Å². The molecule has 0 saturated heterocycles. The summed E-state index contributed by atoms with van der Waals surface area (Å²) in [5.74, 6) is 2.52. The van der Waals surface area contributed by atoms with Crippen molar-refractivity contribution < 1.29 is 9.47 Å². The molecule has 1 atom stereocenters. The summed E-state index contributed by atoms with van der Waals surface area (Å²) in [6, 6.07) is 31.1. The lowest BCUT2D eigenvalue weighted by Crippen LogP contribution is -2.38. The summed E-state index contributed by atoms with van der Waals surface area (Å²) < 4.78 is 10.9. The van der Waals surface area contributed by atoms with Crippen LogP contribution in [-0.4, -0.2) is 25.0 Å². The number of fused-ring (bicyclic) bond motifs is 2. The van der Waals surface area contributed by atoms with Crippen LogP contribution in [-0.2, 0) is 0 Å². The quantitative estimate of drug-likeness (QED) is 0.294. The Morgan fingerprint density at radius 3 is 2.17 bits per heavy atom. The van der Waals surface area contributed by atoms with Crippen LogP contribution >= 0.6 is 0 Å². The zero-order chi connectivity index (χ0) is 24.6. The third-order valence-corrected chi connectivity index (χ3v) is 6.89. The van der Waals surface area contributed by atoms with Crippen molar-refractivity contribution in [3.63, 3.8) is 0 Å². The SMILES string of the molecule is COc1ccc(C2=Nc3ccccc3C(c3c[nH]c4c(C)cccc34)N2c2ccc(OC)cc2)cc1. The standard InChI is InChI=1S/C31H27N3O2/c1-20-7-6-9-25-27(19-32-29(20)25)30-26-8-4-5-10-28(26)33-31(21-11-15-23(35-2)16-12-21)34(30)22-13-17-24(36-3)18-14-22/h4-19,30,32H,1-3H3. The van der Waals surface area contributed by atoms with Crippen LogP contribution in [0, 0.1) is 6.92 Å². The number of hydrogen-bond donors (Lipinski definition) is 1. The molecule has 0 fully saturated rings. The van der Waals surface area contributed by atoms with Crippen LogP contribution in [0.4, 0.5) is 11.4 Å². The number of rotatable bonds is 5. The van der Waals surface area contributed by atoms with Gasteiger partial charge in [-0.05, 0) is 67.1 Å². The van der Waals surface area contributed by atoms with Crippen molar-refractivity contribution in [2.24, 2.45) is 4.99 Å². The van der Waals surface area contributed by atoms with Crippen molar-refractivity contribution in [2.75, 3.05) is 19.1 Å². The maximum absolute atomic E-state index is 5.45. The third-order valence-electron chi connectivity index (χ3n) is 6.89. The van der Waals surface area contributed by atoms with E-state index < -0.39 is 0 Å². The van der Waals surface area contributed by atoms with Crippen LogP contribution in [0.25, 0.3) is 10.9 Å². The Hall–Kier alpha value is -4.51. The number of aromatic nitrogens is 1. The molecule has 1 aliphatic rings. The molecule has 4 aromatic carbocycles. The maximum atomic E-state index is 5.45. The number of benzene rings is 4. The van der Waals surface area contributed by atoms with E-state index in [9.17, 15) is 0 Å². The average Bonchev–Trinajstić information content (AvgIpc) is 3.37. The lowest BCUT2D eigenvalue weighted by molar-refractivity contribution is 0.414. The van der Waals surface area contributed by atoms with E-state index in [4.69, 9.17) is 14.5 Å². The summed E-state index contributed by atoms with van der Waals surface area (Å²) in [6.07, 6.45) is 2.15. The van der Waals surface area contributed by atoms with Crippen LogP contribution in [0.3, 0.4) is 0 Å². The van der Waals surface area contributed by atoms with Crippen LogP contribution < -0.4 is 14.4 Å². The molecular formula is C31H27N3O2. The molecule has 0 amide bonds. The first-order chi connectivity index (χ1) is 17.7. The number of ether oxygens (including phenoxy) is 2. The largest absolute Gasteiger partial charge is 0.497 e. The highest BCUT2D eigenvalue weighted by molar-refractivity contribution is 6.13. The van der Waals surface area contributed by atoms with Gasteiger partial charge in [0.2, 0.25) is 0 Å². The molecule has 0 aliphatic carbocycles. The fourth-order valence-corrected chi connectivity index (χ4v) is 5.07. The zero-order valence-electron chi connectivity index (χ0n) is 20.5. The average molecular weight is 474 g/mol. The molecule has 1 aliphatic heterocycles. The second-order valence-corrected chi connectivity index (χ2v) is 8.93. The van der Waals surface area contributed by atoms with Crippen LogP contribution in [0.5, 0.6) is 11.5 Å². The smallest absolute Gasteiger partial charge is 0.141 e. The predicted octanol–water partition coefficient (Wildman–Crippen LogP) is 7.18. The minimum absolute atomic E-state index is 0.0836. The van der Waals surface area contributed by atoms with Gasteiger partial charge in [0.05, 0.1) is 25.9 Å². The van der Waals surface area contributed by atoms with Crippen molar-refractivity contribution >= 4 is 28.1 Å². The van der Waals surface area contributed by atoms with Gasteiger partial charge in [-0.3, -0.25) is 0 Å². The number of nitrogens with zero attached hydrogens (tertiary/aromatic N) is 2. The summed E-state index contributed by atoms with van der Waals surface area (Å²) in [4.78, 5) is 11.1. The van der Waals surface area contributed by atoms with Gasteiger partial charge in [-0.1, -0.05) is 36.4 Å². The number of aromatic amines is 1. The van der Waals surface area contributed by atoms with Crippen LogP contribution in [0.15, 0.2) is 102 Å². The Balaban J connectivity index is 1.62. The minimum atomic E-state index is -0.0836. The highest BCUT2D eigenvalue weighted by Crippen LogP contribution is 2.45. The van der Waals surface area contributed by atoms with E-state index in [1.165, 1.54) is 16.5 Å². The molecular weight excluding hydrogens is 446 g/mol. The molecule has 178 valence electrons.